The van der Waals surface area contributed by atoms with Gasteiger partial charge < -0.3 is 109 Å². The van der Waals surface area contributed by atoms with Crippen LogP contribution >= 0.6 is 0 Å². The van der Waals surface area contributed by atoms with Gasteiger partial charge in [-0.1, -0.05) is 65.3 Å². The Kier molecular flexibility index (Phi) is 20.9. The van der Waals surface area contributed by atoms with Crippen molar-refractivity contribution >= 4 is 17.9 Å². The van der Waals surface area contributed by atoms with Crippen molar-refractivity contribution in [2.45, 2.75) is 218 Å². The SMILES string of the molecule is C/C=C(/C)C(=O)O[C@H]1[C@H](OC(=O)/C(C)=C\C)[C@@]2(CO)C(CC1(C)C)C1=CCC3[C@@]4(C)CC[C@H](O[C@@H]5OC(C(=O)[O-])[C@H](O)[C@H](O[C@@H]6O[C@H](CO)C(O)[C@@H]6O)C5O[C@@H]5OC(CO)[C@H](CO)[C@H](O)C5O)[C@](C)(CO)C4CC[C@@]3(C)[C@]1(C)[C@@H](O)[C@H]2O.[Na+]. The van der Waals surface area contributed by atoms with E-state index in [9.17, 15) is 80.8 Å². The minimum Gasteiger partial charge on any atom is -0.547 e. The van der Waals surface area contributed by atoms with Crippen LogP contribution in [-0.4, -0.2) is 223 Å². The molecule has 24 nitrogen and oxygen atoms in total. The largest absolute Gasteiger partial charge is 1.00 e. The van der Waals surface area contributed by atoms with Gasteiger partial charge in [0.1, 0.15) is 54.9 Å². The Hall–Kier alpha value is -2.09. The Morgan fingerprint density at radius 2 is 1.22 bits per heavy atom. The third-order valence-electron chi connectivity index (χ3n) is 21.9. The standard InChI is InChI=1S/C58H90O24.Na/c1-11-25(3)48(73)81-45-46(82-49(74)26(4)12-2)58(24-63)29(19-53(45,5)6)28-13-14-33-54(7)17-16-34(55(8,23-62)32(54)15-18-56(33,9)57(28,10)43(69)44(58)70)77-52-42(80-50-37(66)35(64)27(20-59)30(21-60)75-50)40(39(68)41(79-52)47(71)72)78-51-38(67)36(65)31(22-61)76-51;/h11-13,27,29-46,50-52,59-70H,14-24H2,1-10H3,(H,71,72);/q;+1/p-1/b25-11-,26-12-;/t27-,29?,30?,31+,32?,33?,34-,35-,36?,37?,38-,39+,40-,41?,42?,43-,44+,45-,46-,50-,51-,52+,54-,55+,56+,57-,58-;/m0./s1. The van der Waals surface area contributed by atoms with Crippen LogP contribution < -0.4 is 34.7 Å². The van der Waals surface area contributed by atoms with Crippen LogP contribution in [0.1, 0.15) is 108 Å². The van der Waals surface area contributed by atoms with E-state index in [2.05, 4.69) is 19.9 Å². The van der Waals surface area contributed by atoms with Crippen molar-refractivity contribution in [3.8, 4) is 0 Å². The molecule has 0 aromatic rings. The molecule has 8 aliphatic rings. The predicted molar refractivity (Wildman–Crippen MR) is 280 cm³/mol. The first-order chi connectivity index (χ1) is 38.4. The molecule has 3 saturated heterocycles. The van der Waals surface area contributed by atoms with Crippen molar-refractivity contribution in [2.75, 3.05) is 33.0 Å². The number of carboxylic acids is 1. The van der Waals surface area contributed by atoms with Gasteiger partial charge in [-0.25, -0.2) is 9.59 Å². The zero-order valence-corrected chi connectivity index (χ0v) is 51.5. The minimum absolute atomic E-state index is 0. The molecule has 5 aliphatic carbocycles. The number of carboxylic acid groups (broad SMARTS) is 1. The van der Waals surface area contributed by atoms with Crippen molar-refractivity contribution in [3.63, 3.8) is 0 Å². The van der Waals surface area contributed by atoms with Crippen LogP contribution in [0.3, 0.4) is 0 Å². The third kappa shape index (κ3) is 10.9. The average molecular weight is 1190 g/mol. The van der Waals surface area contributed by atoms with Crippen molar-refractivity contribution < 1.29 is 148 Å². The number of allylic oxidation sites excluding steroid dienone is 3. The van der Waals surface area contributed by atoms with Gasteiger partial charge >= 0.3 is 41.5 Å². The van der Waals surface area contributed by atoms with Crippen molar-refractivity contribution in [3.05, 3.63) is 34.9 Å². The quantitative estimate of drug-likeness (QED) is 0.0227. The second-order valence-electron chi connectivity index (χ2n) is 26.2. The van der Waals surface area contributed by atoms with Crippen LogP contribution in [0.5, 0.6) is 0 Å². The van der Waals surface area contributed by atoms with E-state index in [1.807, 2.05) is 27.7 Å². The molecule has 27 atom stereocenters. The molecule has 0 spiro atoms. The maximum Gasteiger partial charge on any atom is 1.00 e. The van der Waals surface area contributed by atoms with Crippen LogP contribution in [0.4, 0.5) is 0 Å². The van der Waals surface area contributed by atoms with Crippen molar-refractivity contribution in [1.82, 2.24) is 0 Å². The predicted octanol–water partition coefficient (Wildman–Crippen LogP) is -4.85. The maximum absolute atomic E-state index is 13.9. The number of fused-ring (bicyclic) bond motifs is 7. The monoisotopic (exact) mass is 1190 g/mol. The summed E-state index contributed by atoms with van der Waals surface area (Å²) in [5.74, 6) is -5.94. The Morgan fingerprint density at radius 1 is 0.651 bits per heavy atom. The third-order valence-corrected chi connectivity index (χ3v) is 21.9. The molecule has 0 radical (unpaired) electrons. The summed E-state index contributed by atoms with van der Waals surface area (Å²) in [6.07, 6.45) is -23.7. The fourth-order valence-corrected chi connectivity index (χ4v) is 16.6. The normalized spacial score (nSPS) is 48.7. The molecule has 0 bridgehead atoms. The van der Waals surface area contributed by atoms with Gasteiger partial charge in [-0.2, -0.15) is 0 Å². The maximum atomic E-state index is 13.9. The number of rotatable bonds is 16. The number of esters is 2. The molecular formula is C58H89NaO24. The van der Waals surface area contributed by atoms with Gasteiger partial charge in [-0.05, 0) is 94.8 Å². The number of hydrogen-bond donors (Lipinski definition) is 12. The second kappa shape index (κ2) is 25.4. The van der Waals surface area contributed by atoms with Crippen molar-refractivity contribution in [2.24, 2.45) is 56.2 Å². The Bertz CT molecular complexity index is 2440. The van der Waals surface area contributed by atoms with Crippen LogP contribution in [-0.2, 0) is 52.3 Å². The number of aliphatic hydroxyl groups excluding tert-OH is 12. The summed E-state index contributed by atoms with van der Waals surface area (Å²) in [6, 6.07) is 0. The molecule has 12 N–H and O–H groups in total. The first-order valence-corrected chi connectivity index (χ1v) is 28.8. The number of aliphatic hydroxyl groups is 12. The molecule has 3 aliphatic heterocycles. The van der Waals surface area contributed by atoms with E-state index in [0.29, 0.717) is 31.3 Å². The summed E-state index contributed by atoms with van der Waals surface area (Å²) in [5.41, 5.74) is -5.29. The summed E-state index contributed by atoms with van der Waals surface area (Å²) >= 11 is 0. The summed E-state index contributed by atoms with van der Waals surface area (Å²) in [5, 5.41) is 148. The van der Waals surface area contributed by atoms with Gasteiger partial charge in [0.05, 0.1) is 74.9 Å². The van der Waals surface area contributed by atoms with E-state index in [4.69, 9.17) is 37.9 Å². The smallest absolute Gasteiger partial charge is 0.547 e. The number of carbonyl (C=O) groups excluding carboxylic acids is 3. The van der Waals surface area contributed by atoms with Crippen LogP contribution in [0.25, 0.3) is 0 Å². The van der Waals surface area contributed by atoms with E-state index in [1.165, 1.54) is 0 Å². The molecule has 8 rings (SSSR count). The summed E-state index contributed by atoms with van der Waals surface area (Å²) < 4.78 is 49.0. The van der Waals surface area contributed by atoms with Gasteiger partial charge in [-0.3, -0.25) is 0 Å². The average Bonchev–Trinajstić information content (AvgIpc) is 0.960. The zero-order chi connectivity index (χ0) is 60.7. The molecule has 83 heavy (non-hydrogen) atoms. The van der Waals surface area contributed by atoms with E-state index >= 15 is 0 Å². The minimum atomic E-state index is -2.24. The second-order valence-corrected chi connectivity index (χ2v) is 26.2. The first kappa shape index (κ1) is 68.4. The number of hydrogen-bond acceptors (Lipinski definition) is 24. The number of carbonyl (C=O) groups is 3. The molecule has 0 aromatic carbocycles. The molecule has 7 fully saturated rings. The fraction of sp³-hybridized carbons (Fsp3) is 0.845. The van der Waals surface area contributed by atoms with Gasteiger partial charge in [0.25, 0.3) is 0 Å². The molecule has 3 heterocycles. The van der Waals surface area contributed by atoms with E-state index in [0.717, 1.165) is 5.57 Å². The van der Waals surface area contributed by atoms with Crippen LogP contribution in [0, 0.1) is 56.2 Å². The van der Waals surface area contributed by atoms with Crippen molar-refractivity contribution in [1.29, 1.82) is 0 Å². The molecule has 4 saturated carbocycles. The van der Waals surface area contributed by atoms with Gasteiger partial charge in [0.2, 0.25) is 0 Å². The van der Waals surface area contributed by atoms with Gasteiger partial charge in [-0.15, -0.1) is 0 Å². The Morgan fingerprint density at radius 3 is 1.75 bits per heavy atom. The molecule has 0 amide bonds. The van der Waals surface area contributed by atoms with E-state index in [1.54, 1.807) is 39.8 Å². The summed E-state index contributed by atoms with van der Waals surface area (Å²) in [4.78, 5) is 40.3. The summed E-state index contributed by atoms with van der Waals surface area (Å²) in [7, 11) is 0. The fourth-order valence-electron chi connectivity index (χ4n) is 16.6. The molecule has 25 heteroatoms. The molecule has 466 valence electrons. The molecule has 8 unspecified atom stereocenters. The zero-order valence-electron chi connectivity index (χ0n) is 49.5. The Labute approximate surface area is 506 Å². The molecular weight excluding hydrogens is 1100 g/mol. The van der Waals surface area contributed by atoms with Crippen LogP contribution in [0.2, 0.25) is 0 Å². The van der Waals surface area contributed by atoms with Gasteiger partial charge in [0, 0.05) is 33.3 Å². The van der Waals surface area contributed by atoms with Crippen LogP contribution in [0.15, 0.2) is 34.9 Å². The number of aliphatic carboxylic acids is 1. The Balaban J connectivity index is 0.00000990. The van der Waals surface area contributed by atoms with E-state index in [-0.39, 0.29) is 53.9 Å². The summed E-state index contributed by atoms with van der Waals surface area (Å²) in [6.45, 7) is 14.7. The van der Waals surface area contributed by atoms with Gasteiger partial charge in [0.15, 0.2) is 25.0 Å². The topological polar surface area (TPSA) is 391 Å². The molecule has 0 aromatic heterocycles. The van der Waals surface area contributed by atoms with E-state index < -0.39 is 212 Å². The first-order valence-electron chi connectivity index (χ1n) is 28.8. The number of ether oxygens (including phenoxy) is 8.